The normalized spacial score (nSPS) is 14.8. The molecule has 0 rings (SSSR count). The Hall–Kier alpha value is -0.540. The molecule has 6 N–H and O–H groups in total. The highest BCUT2D eigenvalue weighted by Gasteiger charge is 2.34. The van der Waals surface area contributed by atoms with E-state index in [-0.39, 0.29) is 12.8 Å². The Morgan fingerprint density at radius 2 is 0.886 bits per heavy atom. The maximum atomic E-state index is 12.6. The molecule has 264 valence electrons. The van der Waals surface area contributed by atoms with Crippen molar-refractivity contribution < 1.29 is 39.0 Å². The van der Waals surface area contributed by atoms with Gasteiger partial charge in [0.25, 0.3) is 0 Å². The summed E-state index contributed by atoms with van der Waals surface area (Å²) in [5.41, 5.74) is 0. The monoisotopic (exact) mass is 651 g/mol. The van der Waals surface area contributed by atoms with Gasteiger partial charge in [0, 0.05) is 0 Å². The largest absolute Gasteiger partial charge is 0.471 e. The maximum absolute atomic E-state index is 12.6. The minimum Gasteiger partial charge on any atom is -0.391 e. The van der Waals surface area contributed by atoms with Crippen LogP contribution in [0.2, 0.25) is 0 Å². The summed E-state index contributed by atoms with van der Waals surface area (Å²) in [6.07, 6.45) is 25.0. The van der Waals surface area contributed by atoms with Gasteiger partial charge in [-0.15, -0.1) is 0 Å². The molecule has 0 bridgehead atoms. The maximum Gasteiger partial charge on any atom is 0.471 e. The van der Waals surface area contributed by atoms with E-state index in [1.54, 1.807) is 0 Å². The zero-order chi connectivity index (χ0) is 32.9. The van der Waals surface area contributed by atoms with Gasteiger partial charge in [-0.25, -0.2) is 4.57 Å². The van der Waals surface area contributed by atoms with E-state index in [2.05, 4.69) is 23.7 Å². The summed E-state index contributed by atoms with van der Waals surface area (Å²) in [6.45, 7) is 4.46. The Balaban J connectivity index is 4.27. The lowest BCUT2D eigenvalue weighted by atomic mass is 10.0. The molecule has 0 aromatic carbocycles. The van der Waals surface area contributed by atoms with Crippen molar-refractivity contribution in [2.75, 3.05) is 0 Å². The lowest BCUT2D eigenvalue weighted by Gasteiger charge is -2.29. The van der Waals surface area contributed by atoms with Gasteiger partial charge in [0.2, 0.25) is 5.91 Å². The van der Waals surface area contributed by atoms with Crippen LogP contribution >= 0.6 is 7.82 Å². The fourth-order valence-corrected chi connectivity index (χ4v) is 6.10. The van der Waals surface area contributed by atoms with Crippen LogP contribution in [-0.2, 0) is 13.9 Å². The van der Waals surface area contributed by atoms with Crippen LogP contribution in [0.1, 0.15) is 187 Å². The van der Waals surface area contributed by atoms with Gasteiger partial charge in [0.05, 0.1) is 6.10 Å². The minimum atomic E-state index is -5.06. The lowest BCUT2D eigenvalue weighted by molar-refractivity contribution is -0.139. The first kappa shape index (κ1) is 43.5. The molecule has 1 amide bonds. The highest BCUT2D eigenvalue weighted by molar-refractivity contribution is 7.46. The first-order valence-corrected chi connectivity index (χ1v) is 19.7. The highest BCUT2D eigenvalue weighted by Crippen LogP contribution is 2.38. The third-order valence-electron chi connectivity index (χ3n) is 8.51. The topological polar surface area (TPSA) is 157 Å². The van der Waals surface area contributed by atoms with Crippen molar-refractivity contribution in [1.82, 2.24) is 5.32 Å². The molecule has 0 aliphatic carbocycles. The van der Waals surface area contributed by atoms with Crippen LogP contribution in [0.4, 0.5) is 0 Å². The van der Waals surface area contributed by atoms with Crippen LogP contribution in [0, 0.1) is 0 Å². The van der Waals surface area contributed by atoms with Crippen molar-refractivity contribution in [1.29, 1.82) is 0 Å². The average Bonchev–Trinajstić information content (AvgIpc) is 2.97. The van der Waals surface area contributed by atoms with Crippen molar-refractivity contribution in [3.05, 3.63) is 0 Å². The highest BCUT2D eigenvalue weighted by atomic mass is 31.2. The molecule has 0 aliphatic heterocycles. The lowest BCUT2D eigenvalue weighted by Crippen LogP contribution is -2.54. The molecule has 0 spiro atoms. The first-order valence-electron chi connectivity index (χ1n) is 18.2. The number of nitrogens with one attached hydrogen (secondary N) is 1. The summed E-state index contributed by atoms with van der Waals surface area (Å²) in [7, 11) is -5.06. The second-order valence-corrected chi connectivity index (χ2v) is 14.0. The standard InChI is InChI=1S/C34H70NO8P/c1-3-5-7-9-11-13-15-17-19-20-22-24-26-28-30(36)32(34(39)43-44(40,41)42)35-33(38)31(37)29-27-25-23-21-18-16-14-12-10-8-6-4-2/h30-32,34,36-37,39H,3-29H2,1-2H3,(H,35,38)(H2,40,41,42)/t30-,31?,32+,34?/m1/s1. The van der Waals surface area contributed by atoms with Crippen molar-refractivity contribution in [2.24, 2.45) is 0 Å². The molecule has 2 unspecified atom stereocenters. The van der Waals surface area contributed by atoms with Crippen molar-refractivity contribution in [2.45, 2.75) is 212 Å². The van der Waals surface area contributed by atoms with Gasteiger partial charge in [0.1, 0.15) is 12.1 Å². The van der Waals surface area contributed by atoms with E-state index >= 15 is 0 Å². The second kappa shape index (κ2) is 29.8. The molecule has 0 saturated heterocycles. The Morgan fingerprint density at radius 1 is 0.568 bits per heavy atom. The fourth-order valence-electron chi connectivity index (χ4n) is 5.68. The number of aliphatic hydroxyl groups is 3. The quantitative estimate of drug-likeness (QED) is 0.0236. The Morgan fingerprint density at radius 3 is 1.23 bits per heavy atom. The Kier molecular flexibility index (Phi) is 29.5. The average molecular weight is 652 g/mol. The Bertz CT molecular complexity index is 692. The van der Waals surface area contributed by atoms with Crippen molar-refractivity contribution >= 4 is 13.7 Å². The van der Waals surface area contributed by atoms with Gasteiger partial charge in [-0.1, -0.05) is 174 Å². The number of amides is 1. The summed E-state index contributed by atoms with van der Waals surface area (Å²) < 4.78 is 15.6. The fraction of sp³-hybridized carbons (Fsp3) is 0.971. The summed E-state index contributed by atoms with van der Waals surface area (Å²) in [5.74, 6) is -0.796. The second-order valence-electron chi connectivity index (χ2n) is 12.8. The molecule has 0 aliphatic rings. The van der Waals surface area contributed by atoms with Crippen LogP contribution in [-0.4, -0.2) is 55.6 Å². The van der Waals surface area contributed by atoms with E-state index in [1.165, 1.54) is 109 Å². The van der Waals surface area contributed by atoms with Crippen LogP contribution in [0.25, 0.3) is 0 Å². The number of unbranched alkanes of at least 4 members (excludes halogenated alkanes) is 23. The number of carbonyl (C=O) groups excluding carboxylic acids is 1. The Labute approximate surface area is 269 Å². The molecule has 0 aromatic rings. The van der Waals surface area contributed by atoms with Crippen molar-refractivity contribution in [3.63, 3.8) is 0 Å². The number of hydrogen-bond acceptors (Lipinski definition) is 6. The van der Waals surface area contributed by atoms with E-state index < -0.39 is 38.3 Å². The molecule has 9 nitrogen and oxygen atoms in total. The molecule has 0 aromatic heterocycles. The van der Waals surface area contributed by atoms with Crippen molar-refractivity contribution in [3.8, 4) is 0 Å². The van der Waals surface area contributed by atoms with E-state index in [1.807, 2.05) is 0 Å². The predicted molar refractivity (Wildman–Crippen MR) is 179 cm³/mol. The van der Waals surface area contributed by atoms with Gasteiger partial charge in [-0.2, -0.15) is 0 Å². The molecule has 10 heteroatoms. The number of hydrogen-bond donors (Lipinski definition) is 6. The zero-order valence-electron chi connectivity index (χ0n) is 28.3. The number of rotatable bonds is 33. The van der Waals surface area contributed by atoms with Gasteiger partial charge >= 0.3 is 7.82 Å². The predicted octanol–water partition coefficient (Wildman–Crippen LogP) is 8.19. The number of phosphoric acid groups is 1. The van der Waals surface area contributed by atoms with Gasteiger partial charge in [-0.05, 0) is 12.8 Å². The number of phosphoric ester groups is 1. The molecular weight excluding hydrogens is 581 g/mol. The first-order chi connectivity index (χ1) is 21.1. The minimum absolute atomic E-state index is 0.221. The molecule has 4 atom stereocenters. The van der Waals surface area contributed by atoms with E-state index in [4.69, 9.17) is 9.79 Å². The van der Waals surface area contributed by atoms with E-state index in [0.717, 1.165) is 38.5 Å². The zero-order valence-corrected chi connectivity index (χ0v) is 29.2. The van der Waals surface area contributed by atoms with Crippen LogP contribution in [0.15, 0.2) is 0 Å². The summed E-state index contributed by atoms with van der Waals surface area (Å²) in [5, 5.41) is 33.7. The van der Waals surface area contributed by atoms with E-state index in [0.29, 0.717) is 12.8 Å². The molecule has 0 saturated carbocycles. The van der Waals surface area contributed by atoms with Crippen LogP contribution in [0.5, 0.6) is 0 Å². The third-order valence-corrected chi connectivity index (χ3v) is 9.00. The summed E-state index contributed by atoms with van der Waals surface area (Å²) in [4.78, 5) is 30.9. The van der Waals surface area contributed by atoms with Gasteiger partial charge in [-0.3, -0.25) is 9.32 Å². The summed E-state index contributed by atoms with van der Waals surface area (Å²) >= 11 is 0. The van der Waals surface area contributed by atoms with E-state index in [9.17, 15) is 24.7 Å². The molecule has 44 heavy (non-hydrogen) atoms. The molecule has 0 fully saturated rings. The molecular formula is C34H70NO8P. The molecule has 0 radical (unpaired) electrons. The smallest absolute Gasteiger partial charge is 0.391 e. The van der Waals surface area contributed by atoms with Gasteiger partial charge < -0.3 is 30.4 Å². The van der Waals surface area contributed by atoms with Gasteiger partial charge in [0.15, 0.2) is 6.29 Å². The van der Waals surface area contributed by atoms with Crippen LogP contribution in [0.3, 0.4) is 0 Å². The number of aliphatic hydroxyl groups excluding tert-OH is 3. The number of carbonyl (C=O) groups is 1. The third kappa shape index (κ3) is 27.7. The summed E-state index contributed by atoms with van der Waals surface area (Å²) in [6, 6.07) is -1.47. The molecule has 0 heterocycles. The SMILES string of the molecule is CCCCCCCCCCCCCCC[C@@H](O)[C@H](NC(=O)C(O)CCCCCCCCCCCCCC)C(O)OP(=O)(O)O. The van der Waals surface area contributed by atoms with Crippen LogP contribution < -0.4 is 5.32 Å².